The third-order valence-corrected chi connectivity index (χ3v) is 8.13. The first-order valence-corrected chi connectivity index (χ1v) is 15.4. The first kappa shape index (κ1) is 31.8. The van der Waals surface area contributed by atoms with Crippen molar-refractivity contribution in [1.29, 1.82) is 0 Å². The Kier molecular flexibility index (Phi) is 12.1. The van der Waals surface area contributed by atoms with E-state index in [1.54, 1.807) is 36.4 Å². The van der Waals surface area contributed by atoms with Crippen molar-refractivity contribution < 1.29 is 27.0 Å². The van der Waals surface area contributed by atoms with E-state index in [9.17, 15) is 8.78 Å². The molecule has 1 heterocycles. The average Bonchev–Trinajstić information content (AvgIpc) is 3.01. The Morgan fingerprint density at radius 2 is 1.40 bits per heavy atom. The summed E-state index contributed by atoms with van der Waals surface area (Å²) < 4.78 is 71.3. The van der Waals surface area contributed by atoms with E-state index in [1.807, 2.05) is 19.1 Å². The molecule has 0 amide bonds. The lowest BCUT2D eigenvalue weighted by atomic mass is 9.90. The van der Waals surface area contributed by atoms with Crippen molar-refractivity contribution in [2.45, 2.75) is 84.2 Å². The van der Waals surface area contributed by atoms with Crippen LogP contribution in [0.5, 0.6) is 5.75 Å². The van der Waals surface area contributed by atoms with Crippen LogP contribution >= 0.6 is 0 Å². The van der Waals surface area contributed by atoms with Crippen LogP contribution in [0.3, 0.4) is 0 Å². The van der Waals surface area contributed by atoms with Crippen LogP contribution in [0, 0.1) is 29.2 Å². The molecule has 1 aliphatic heterocycles. The summed E-state index contributed by atoms with van der Waals surface area (Å²) in [5.41, 5.74) is 1.27. The lowest BCUT2D eigenvalue weighted by Gasteiger charge is -2.30. The van der Waals surface area contributed by atoms with E-state index >= 15 is 8.78 Å². The Balaban J connectivity index is 1.38. The summed E-state index contributed by atoms with van der Waals surface area (Å²) >= 11 is 0. The molecule has 0 bridgehead atoms. The van der Waals surface area contributed by atoms with Crippen LogP contribution in [0.4, 0.5) is 17.6 Å². The zero-order valence-electron chi connectivity index (χ0n) is 24.7. The number of benzene rings is 3. The van der Waals surface area contributed by atoms with Gasteiger partial charge in [-0.2, -0.15) is 4.39 Å². The molecule has 2 atom stereocenters. The molecular formula is C36H42F4O2. The highest BCUT2D eigenvalue weighted by molar-refractivity contribution is 5.71. The highest BCUT2D eigenvalue weighted by Crippen LogP contribution is 2.37. The predicted molar refractivity (Wildman–Crippen MR) is 161 cm³/mol. The molecule has 0 aromatic heterocycles. The van der Waals surface area contributed by atoms with Gasteiger partial charge in [-0.3, -0.25) is 0 Å². The second-order valence-electron chi connectivity index (χ2n) is 11.2. The molecule has 2 unspecified atom stereocenters. The zero-order valence-corrected chi connectivity index (χ0v) is 24.7. The molecule has 4 rings (SSSR count). The molecule has 226 valence electrons. The normalized spacial score (nSPS) is 17.2. The Morgan fingerprint density at radius 1 is 0.762 bits per heavy atom. The number of rotatable bonds is 14. The summed E-state index contributed by atoms with van der Waals surface area (Å²) in [5, 5.41) is 0. The van der Waals surface area contributed by atoms with Gasteiger partial charge in [0.15, 0.2) is 23.2 Å². The molecule has 1 aliphatic rings. The molecule has 1 saturated heterocycles. The maximum atomic E-state index is 15.3. The molecule has 3 aromatic rings. The Labute approximate surface area is 247 Å². The molecular weight excluding hydrogens is 540 g/mol. The van der Waals surface area contributed by atoms with Crippen LogP contribution in [0.2, 0.25) is 0 Å². The van der Waals surface area contributed by atoms with Gasteiger partial charge in [-0.05, 0) is 61.8 Å². The lowest BCUT2D eigenvalue weighted by molar-refractivity contribution is -0.0218. The van der Waals surface area contributed by atoms with Crippen LogP contribution in [0.25, 0.3) is 22.3 Å². The first-order chi connectivity index (χ1) is 20.4. The molecule has 0 spiro atoms. The van der Waals surface area contributed by atoms with Crippen LogP contribution < -0.4 is 4.74 Å². The number of allylic oxidation sites excluding steroid dienone is 1. The summed E-state index contributed by atoms with van der Waals surface area (Å²) in [5.74, 6) is -3.58. The van der Waals surface area contributed by atoms with Gasteiger partial charge in [0, 0.05) is 16.7 Å². The van der Waals surface area contributed by atoms with Gasteiger partial charge in [-0.25, -0.2) is 13.2 Å². The Bertz CT molecular complexity index is 1310. The van der Waals surface area contributed by atoms with E-state index in [0.717, 1.165) is 12.8 Å². The number of unbranched alkanes of at least 4 members (excludes halogenated alkanes) is 5. The van der Waals surface area contributed by atoms with E-state index < -0.39 is 29.4 Å². The summed E-state index contributed by atoms with van der Waals surface area (Å²) in [6, 6.07) is 12.3. The minimum atomic E-state index is -1.06. The van der Waals surface area contributed by atoms with Gasteiger partial charge in [0.25, 0.3) is 0 Å². The lowest BCUT2D eigenvalue weighted by Crippen LogP contribution is -2.21. The second kappa shape index (κ2) is 15.9. The minimum Gasteiger partial charge on any atom is -0.490 e. The monoisotopic (exact) mass is 582 g/mol. The van der Waals surface area contributed by atoms with Gasteiger partial charge >= 0.3 is 0 Å². The van der Waals surface area contributed by atoms with Gasteiger partial charge in [0.05, 0.1) is 19.3 Å². The van der Waals surface area contributed by atoms with Crippen LogP contribution in [-0.4, -0.2) is 13.2 Å². The van der Waals surface area contributed by atoms with Gasteiger partial charge in [-0.1, -0.05) is 94.0 Å². The quantitative estimate of drug-likeness (QED) is 0.107. The summed E-state index contributed by atoms with van der Waals surface area (Å²) in [6.45, 7) is 4.90. The molecule has 0 aliphatic carbocycles. The van der Waals surface area contributed by atoms with Gasteiger partial charge in [0.2, 0.25) is 5.82 Å². The first-order valence-electron chi connectivity index (χ1n) is 15.4. The maximum Gasteiger partial charge on any atom is 0.201 e. The highest BCUT2D eigenvalue weighted by atomic mass is 19.2. The SMILES string of the molecule is CC=CCCOc1ccc(-c2ccc(-c3ccc(C4CCC(CCCCCCCC)CO4)c(F)c3F)cc2)c(F)c1F. The van der Waals surface area contributed by atoms with E-state index in [-0.39, 0.29) is 29.0 Å². The average molecular weight is 583 g/mol. The fraction of sp³-hybridized carbons (Fsp3) is 0.444. The number of hydrogen-bond donors (Lipinski definition) is 0. The summed E-state index contributed by atoms with van der Waals surface area (Å²) in [6.07, 6.45) is 14.2. The largest absolute Gasteiger partial charge is 0.490 e. The molecule has 2 nitrogen and oxygen atoms in total. The maximum absolute atomic E-state index is 15.3. The molecule has 1 fully saturated rings. The molecule has 0 saturated carbocycles. The minimum absolute atomic E-state index is 0.0612. The van der Waals surface area contributed by atoms with E-state index in [2.05, 4.69) is 6.92 Å². The van der Waals surface area contributed by atoms with Gasteiger partial charge in [0.1, 0.15) is 0 Å². The fourth-order valence-electron chi connectivity index (χ4n) is 5.63. The van der Waals surface area contributed by atoms with E-state index in [0.29, 0.717) is 36.5 Å². The number of halogens is 4. The summed E-state index contributed by atoms with van der Waals surface area (Å²) in [7, 11) is 0. The number of hydrogen-bond acceptors (Lipinski definition) is 2. The second-order valence-corrected chi connectivity index (χ2v) is 11.2. The van der Waals surface area contributed by atoms with E-state index in [1.165, 1.54) is 50.7 Å². The fourth-order valence-corrected chi connectivity index (χ4v) is 5.63. The van der Waals surface area contributed by atoms with Crippen molar-refractivity contribution in [3.05, 3.63) is 89.5 Å². The van der Waals surface area contributed by atoms with Crippen molar-refractivity contribution in [3.8, 4) is 28.0 Å². The third kappa shape index (κ3) is 8.03. The van der Waals surface area contributed by atoms with Crippen molar-refractivity contribution in [3.63, 3.8) is 0 Å². The molecule has 6 heteroatoms. The smallest absolute Gasteiger partial charge is 0.201 e. The standard InChI is InChI=1S/C36H42F4O2/c1-3-5-7-8-9-10-12-25-13-21-31(42-24-25)30-19-18-28(33(37)35(30)39)26-14-16-27(17-15-26)29-20-22-32(36(40)34(29)38)41-23-11-6-4-2/h4,6,14-20,22,25,31H,3,5,7-13,21,23-24H2,1-2H3. The Hall–Kier alpha value is -3.12. The zero-order chi connectivity index (χ0) is 29.9. The molecule has 3 aromatic carbocycles. The van der Waals surface area contributed by atoms with Crippen molar-refractivity contribution in [2.75, 3.05) is 13.2 Å². The van der Waals surface area contributed by atoms with Crippen LogP contribution in [-0.2, 0) is 4.74 Å². The van der Waals surface area contributed by atoms with Crippen molar-refractivity contribution >= 4 is 0 Å². The summed E-state index contributed by atoms with van der Waals surface area (Å²) in [4.78, 5) is 0. The third-order valence-electron chi connectivity index (χ3n) is 8.13. The highest BCUT2D eigenvalue weighted by Gasteiger charge is 2.27. The predicted octanol–water partition coefficient (Wildman–Crippen LogP) is 11.1. The topological polar surface area (TPSA) is 18.5 Å². The van der Waals surface area contributed by atoms with Crippen LogP contribution in [0.15, 0.2) is 60.7 Å². The van der Waals surface area contributed by atoms with Crippen molar-refractivity contribution in [2.24, 2.45) is 5.92 Å². The Morgan fingerprint density at radius 3 is 2.05 bits per heavy atom. The molecule has 42 heavy (non-hydrogen) atoms. The van der Waals surface area contributed by atoms with Gasteiger partial charge in [-0.15, -0.1) is 0 Å². The number of ether oxygens (including phenoxy) is 2. The molecule has 0 radical (unpaired) electrons. The van der Waals surface area contributed by atoms with Gasteiger partial charge < -0.3 is 9.47 Å². The van der Waals surface area contributed by atoms with E-state index in [4.69, 9.17) is 9.47 Å². The van der Waals surface area contributed by atoms with Crippen LogP contribution in [0.1, 0.15) is 89.7 Å². The van der Waals surface area contributed by atoms with Crippen molar-refractivity contribution in [1.82, 2.24) is 0 Å². The molecule has 0 N–H and O–H groups in total.